The lowest BCUT2D eigenvalue weighted by molar-refractivity contribution is 0.226. The Morgan fingerprint density at radius 3 is 3.00 bits per heavy atom. The van der Waals surface area contributed by atoms with Crippen molar-refractivity contribution in [3.8, 4) is 5.75 Å². The molecule has 0 aliphatic rings. The number of pyridine rings is 1. The lowest BCUT2D eigenvalue weighted by Gasteiger charge is -2.15. The number of urea groups is 1. The molecule has 2 N–H and O–H groups in total. The molecule has 136 valence electrons. The standard InChI is InChI=1S/C18H18ClFN4O2/c1-12(11-26-16-4-2-3-14(20)7-16)22-18(25)21-8-15-10-24-9-13(19)5-6-17(24)23-15/h2-7,9-10,12H,8,11H2,1H3,(H2,21,22,25)/t12-/m1/s1. The highest BCUT2D eigenvalue weighted by Crippen LogP contribution is 2.12. The highest BCUT2D eigenvalue weighted by molar-refractivity contribution is 6.30. The number of aromatic nitrogens is 2. The van der Waals surface area contributed by atoms with Gasteiger partial charge in [0.1, 0.15) is 23.8 Å². The first-order valence-corrected chi connectivity index (χ1v) is 8.43. The summed E-state index contributed by atoms with van der Waals surface area (Å²) in [7, 11) is 0. The average Bonchev–Trinajstić information content (AvgIpc) is 3.00. The molecule has 0 aliphatic carbocycles. The van der Waals surface area contributed by atoms with Crippen LogP contribution >= 0.6 is 11.6 Å². The van der Waals surface area contributed by atoms with Crippen LogP contribution in [0.2, 0.25) is 5.02 Å². The smallest absolute Gasteiger partial charge is 0.315 e. The Labute approximate surface area is 154 Å². The average molecular weight is 377 g/mol. The summed E-state index contributed by atoms with van der Waals surface area (Å²) >= 11 is 5.93. The number of nitrogens with one attached hydrogen (secondary N) is 2. The van der Waals surface area contributed by atoms with E-state index in [1.165, 1.54) is 12.1 Å². The quantitative estimate of drug-likeness (QED) is 0.693. The van der Waals surface area contributed by atoms with Crippen LogP contribution in [0.3, 0.4) is 0 Å². The summed E-state index contributed by atoms with van der Waals surface area (Å²) in [5, 5.41) is 6.10. The number of benzene rings is 1. The van der Waals surface area contributed by atoms with Crippen molar-refractivity contribution in [3.63, 3.8) is 0 Å². The molecule has 2 amide bonds. The van der Waals surface area contributed by atoms with E-state index in [1.807, 2.05) is 0 Å². The third-order valence-corrected chi connectivity index (χ3v) is 3.79. The van der Waals surface area contributed by atoms with E-state index in [0.717, 1.165) is 5.65 Å². The number of halogens is 2. The van der Waals surface area contributed by atoms with Crippen molar-refractivity contribution in [3.05, 3.63) is 65.3 Å². The SMILES string of the molecule is C[C@H](COc1cccc(F)c1)NC(=O)NCc1cn2cc(Cl)ccc2n1. The monoisotopic (exact) mass is 376 g/mol. The molecule has 26 heavy (non-hydrogen) atoms. The second kappa shape index (κ2) is 8.05. The summed E-state index contributed by atoms with van der Waals surface area (Å²) in [5.41, 5.74) is 1.47. The summed E-state index contributed by atoms with van der Waals surface area (Å²) in [4.78, 5) is 16.4. The summed E-state index contributed by atoms with van der Waals surface area (Å²) < 4.78 is 20.3. The third kappa shape index (κ3) is 4.86. The highest BCUT2D eigenvalue weighted by Gasteiger charge is 2.09. The van der Waals surface area contributed by atoms with Gasteiger partial charge >= 0.3 is 6.03 Å². The van der Waals surface area contributed by atoms with Gasteiger partial charge in [0, 0.05) is 18.5 Å². The zero-order valence-corrected chi connectivity index (χ0v) is 14.8. The van der Waals surface area contributed by atoms with Gasteiger partial charge < -0.3 is 19.8 Å². The molecule has 0 bridgehead atoms. The molecule has 0 spiro atoms. The molecule has 0 saturated heterocycles. The third-order valence-electron chi connectivity index (χ3n) is 3.57. The van der Waals surface area contributed by atoms with E-state index in [2.05, 4.69) is 15.6 Å². The van der Waals surface area contributed by atoms with Crippen molar-refractivity contribution < 1.29 is 13.9 Å². The molecule has 1 atom stereocenters. The summed E-state index contributed by atoms with van der Waals surface area (Å²) in [6.07, 6.45) is 3.55. The van der Waals surface area contributed by atoms with Crippen molar-refractivity contribution in [2.45, 2.75) is 19.5 Å². The molecule has 0 fully saturated rings. The van der Waals surface area contributed by atoms with Crippen LogP contribution < -0.4 is 15.4 Å². The fraction of sp³-hybridized carbons (Fsp3) is 0.222. The van der Waals surface area contributed by atoms with Crippen LogP contribution in [0.5, 0.6) is 5.75 Å². The molecule has 6 nitrogen and oxygen atoms in total. The lowest BCUT2D eigenvalue weighted by atomic mass is 10.3. The number of fused-ring (bicyclic) bond motifs is 1. The van der Waals surface area contributed by atoms with E-state index >= 15 is 0 Å². The van der Waals surface area contributed by atoms with Gasteiger partial charge in [-0.05, 0) is 31.2 Å². The van der Waals surface area contributed by atoms with Gasteiger partial charge in [0.05, 0.1) is 23.3 Å². The largest absolute Gasteiger partial charge is 0.491 e. The van der Waals surface area contributed by atoms with Crippen molar-refractivity contribution >= 4 is 23.3 Å². The maximum Gasteiger partial charge on any atom is 0.315 e. The van der Waals surface area contributed by atoms with E-state index < -0.39 is 0 Å². The second-order valence-corrected chi connectivity index (χ2v) is 6.28. The first kappa shape index (κ1) is 18.0. The Morgan fingerprint density at radius 2 is 2.19 bits per heavy atom. The Balaban J connectivity index is 1.45. The van der Waals surface area contributed by atoms with Gasteiger partial charge in [0.2, 0.25) is 0 Å². The van der Waals surface area contributed by atoms with E-state index in [4.69, 9.17) is 16.3 Å². The number of imidazole rings is 1. The molecule has 0 radical (unpaired) electrons. The molecule has 2 aromatic heterocycles. The van der Waals surface area contributed by atoms with Crippen LogP contribution in [0.15, 0.2) is 48.8 Å². The highest BCUT2D eigenvalue weighted by atomic mass is 35.5. The zero-order chi connectivity index (χ0) is 18.5. The number of hydrogen-bond acceptors (Lipinski definition) is 3. The number of ether oxygens (including phenoxy) is 1. The van der Waals surface area contributed by atoms with Crippen LogP contribution in [0, 0.1) is 5.82 Å². The van der Waals surface area contributed by atoms with Crippen molar-refractivity contribution in [1.82, 2.24) is 20.0 Å². The Morgan fingerprint density at radius 1 is 1.35 bits per heavy atom. The van der Waals surface area contributed by atoms with Gasteiger partial charge in [0.15, 0.2) is 0 Å². The Hall–Kier alpha value is -2.80. The number of carbonyl (C=O) groups is 1. The van der Waals surface area contributed by atoms with Crippen LogP contribution in [-0.4, -0.2) is 28.1 Å². The van der Waals surface area contributed by atoms with Crippen LogP contribution in [0.4, 0.5) is 9.18 Å². The van der Waals surface area contributed by atoms with Crippen LogP contribution in [0.25, 0.3) is 5.65 Å². The fourth-order valence-electron chi connectivity index (χ4n) is 2.37. The van der Waals surface area contributed by atoms with Crippen molar-refractivity contribution in [2.24, 2.45) is 0 Å². The Kier molecular flexibility index (Phi) is 5.58. The van der Waals surface area contributed by atoms with Gasteiger partial charge in [0.25, 0.3) is 0 Å². The first-order chi connectivity index (χ1) is 12.5. The van der Waals surface area contributed by atoms with Gasteiger partial charge in [-0.2, -0.15) is 0 Å². The number of amides is 2. The minimum atomic E-state index is -0.366. The van der Waals surface area contributed by atoms with E-state index in [1.54, 1.807) is 48.0 Å². The predicted molar refractivity (Wildman–Crippen MR) is 96.9 cm³/mol. The topological polar surface area (TPSA) is 67.7 Å². The number of rotatable bonds is 6. The maximum absolute atomic E-state index is 13.1. The molecule has 0 unspecified atom stereocenters. The van der Waals surface area contributed by atoms with Gasteiger partial charge in [-0.25, -0.2) is 14.2 Å². The molecule has 2 heterocycles. The van der Waals surface area contributed by atoms with Crippen molar-refractivity contribution in [2.75, 3.05) is 6.61 Å². The number of hydrogen-bond donors (Lipinski definition) is 2. The first-order valence-electron chi connectivity index (χ1n) is 8.05. The van der Waals surface area contributed by atoms with E-state index in [0.29, 0.717) is 16.5 Å². The zero-order valence-electron chi connectivity index (χ0n) is 14.1. The normalized spacial score (nSPS) is 12.0. The van der Waals surface area contributed by atoms with Crippen LogP contribution in [-0.2, 0) is 6.54 Å². The fourth-order valence-corrected chi connectivity index (χ4v) is 2.54. The van der Waals surface area contributed by atoms with Crippen molar-refractivity contribution in [1.29, 1.82) is 0 Å². The minimum Gasteiger partial charge on any atom is -0.491 e. The molecule has 8 heteroatoms. The molecule has 1 aromatic carbocycles. The summed E-state index contributed by atoms with van der Waals surface area (Å²) in [6.45, 7) is 2.30. The lowest BCUT2D eigenvalue weighted by Crippen LogP contribution is -2.43. The van der Waals surface area contributed by atoms with E-state index in [9.17, 15) is 9.18 Å². The number of carbonyl (C=O) groups excluding carboxylic acids is 1. The minimum absolute atomic E-state index is 0.226. The van der Waals surface area contributed by atoms with Crippen LogP contribution in [0.1, 0.15) is 12.6 Å². The second-order valence-electron chi connectivity index (χ2n) is 5.84. The van der Waals surface area contributed by atoms with Gasteiger partial charge in [-0.15, -0.1) is 0 Å². The molecule has 0 saturated carbocycles. The Bertz CT molecular complexity index is 915. The molecular formula is C18H18ClFN4O2. The summed E-state index contributed by atoms with van der Waals surface area (Å²) in [5.74, 6) is 0.0528. The number of nitrogens with zero attached hydrogens (tertiary/aromatic N) is 2. The molecule has 0 aliphatic heterocycles. The van der Waals surface area contributed by atoms with Gasteiger partial charge in [-0.3, -0.25) is 0 Å². The predicted octanol–water partition coefficient (Wildman–Crippen LogP) is 3.39. The summed E-state index contributed by atoms with van der Waals surface area (Å²) in [6, 6.07) is 8.83. The molecular weight excluding hydrogens is 359 g/mol. The maximum atomic E-state index is 13.1. The molecule has 3 rings (SSSR count). The van der Waals surface area contributed by atoms with E-state index in [-0.39, 0.29) is 31.0 Å². The van der Waals surface area contributed by atoms with Gasteiger partial charge in [-0.1, -0.05) is 17.7 Å². The molecule has 3 aromatic rings.